The van der Waals surface area contributed by atoms with E-state index >= 15 is 0 Å². The Morgan fingerprint density at radius 1 is 1.29 bits per heavy atom. The lowest BCUT2D eigenvalue weighted by atomic mass is 10.0. The summed E-state index contributed by atoms with van der Waals surface area (Å²) >= 11 is 0. The second-order valence-electron chi connectivity index (χ2n) is 7.67. The fraction of sp³-hybridized carbons (Fsp3) is 0.231. The molecule has 2 heterocycles. The first-order chi connectivity index (χ1) is 17.1. The maximum atomic E-state index is 13.7. The summed E-state index contributed by atoms with van der Waals surface area (Å²) in [7, 11) is 0. The summed E-state index contributed by atoms with van der Waals surface area (Å²) in [4.78, 5) is 23.0. The predicted molar refractivity (Wildman–Crippen MR) is 131 cm³/mol. The molecule has 0 atom stereocenters. The van der Waals surface area contributed by atoms with Crippen molar-refractivity contribution in [3.8, 4) is 17.2 Å². The maximum Gasteiger partial charge on any atom is 0.330 e. The Kier molecular flexibility index (Phi) is 7.65. The molecule has 4 rings (SSSR count). The van der Waals surface area contributed by atoms with Crippen LogP contribution in [0.4, 0.5) is 21.8 Å². The second-order valence-corrected chi connectivity index (χ2v) is 7.67. The number of carbonyl (C=O) groups is 1. The first-order valence-corrected chi connectivity index (χ1v) is 11.2. The van der Waals surface area contributed by atoms with E-state index in [1.165, 1.54) is 24.3 Å². The fourth-order valence-electron chi connectivity index (χ4n) is 3.64. The number of aromatic nitrogens is 2. The van der Waals surface area contributed by atoms with Crippen LogP contribution in [0.3, 0.4) is 0 Å². The van der Waals surface area contributed by atoms with Gasteiger partial charge in [-0.1, -0.05) is 18.2 Å². The number of morpholine rings is 1. The molecule has 0 bridgehead atoms. The number of rotatable bonds is 7. The number of anilines is 3. The number of nitrogens with zero attached hydrogens (tertiary/aromatic N) is 4. The minimum Gasteiger partial charge on any atom is -0.463 e. The fourth-order valence-corrected chi connectivity index (χ4v) is 3.64. The van der Waals surface area contributed by atoms with Crippen LogP contribution < -0.4 is 10.2 Å². The van der Waals surface area contributed by atoms with Gasteiger partial charge in [0.25, 0.3) is 0 Å². The van der Waals surface area contributed by atoms with Crippen molar-refractivity contribution in [2.75, 3.05) is 43.1 Å². The van der Waals surface area contributed by atoms with Gasteiger partial charge < -0.3 is 19.7 Å². The lowest BCUT2D eigenvalue weighted by Gasteiger charge is -2.29. The third-order valence-electron chi connectivity index (χ3n) is 5.32. The minimum absolute atomic E-state index is 0.0623. The third kappa shape index (κ3) is 5.99. The average Bonchev–Trinajstić information content (AvgIpc) is 2.89. The van der Waals surface area contributed by atoms with Gasteiger partial charge in [0.05, 0.1) is 25.4 Å². The summed E-state index contributed by atoms with van der Waals surface area (Å²) in [6.07, 6.45) is 4.82. The summed E-state index contributed by atoms with van der Waals surface area (Å²) in [5, 5.41) is 12.2. The molecule has 1 aliphatic heterocycles. The number of nitriles is 1. The molecule has 8 nitrogen and oxygen atoms in total. The zero-order chi connectivity index (χ0) is 24.6. The van der Waals surface area contributed by atoms with Crippen LogP contribution in [-0.2, 0) is 14.3 Å². The highest BCUT2D eigenvalue weighted by Crippen LogP contribution is 2.31. The zero-order valence-corrected chi connectivity index (χ0v) is 19.2. The summed E-state index contributed by atoms with van der Waals surface area (Å²) in [6.45, 7) is 4.58. The van der Waals surface area contributed by atoms with Gasteiger partial charge >= 0.3 is 5.97 Å². The number of halogens is 1. The smallest absolute Gasteiger partial charge is 0.330 e. The normalized spacial score (nSPS) is 13.5. The Labute approximate surface area is 202 Å². The number of carbonyl (C=O) groups excluding carboxylic acids is 1. The lowest BCUT2D eigenvalue weighted by Crippen LogP contribution is -2.37. The van der Waals surface area contributed by atoms with Gasteiger partial charge in [0.2, 0.25) is 5.95 Å². The monoisotopic (exact) mass is 473 g/mol. The Morgan fingerprint density at radius 2 is 2.11 bits per heavy atom. The largest absolute Gasteiger partial charge is 0.463 e. The van der Waals surface area contributed by atoms with Crippen molar-refractivity contribution in [3.63, 3.8) is 0 Å². The number of hydrogen-bond donors (Lipinski definition) is 1. The Morgan fingerprint density at radius 3 is 2.89 bits per heavy atom. The first kappa shape index (κ1) is 23.9. The molecule has 1 aliphatic rings. The molecular formula is C26H24FN5O3. The van der Waals surface area contributed by atoms with E-state index in [9.17, 15) is 9.18 Å². The van der Waals surface area contributed by atoms with Gasteiger partial charge in [-0.15, -0.1) is 0 Å². The van der Waals surface area contributed by atoms with Crippen molar-refractivity contribution in [1.29, 1.82) is 5.26 Å². The topological polar surface area (TPSA) is 100 Å². The summed E-state index contributed by atoms with van der Waals surface area (Å²) in [5.41, 5.74) is 2.99. The third-order valence-corrected chi connectivity index (χ3v) is 5.32. The van der Waals surface area contributed by atoms with Crippen molar-refractivity contribution in [2.24, 2.45) is 0 Å². The molecule has 0 amide bonds. The zero-order valence-electron chi connectivity index (χ0n) is 19.2. The Balaban J connectivity index is 1.67. The van der Waals surface area contributed by atoms with Gasteiger partial charge in [0, 0.05) is 36.6 Å². The molecule has 3 aromatic rings. The number of ether oxygens (including phenoxy) is 2. The summed E-state index contributed by atoms with van der Waals surface area (Å²) < 4.78 is 24.1. The highest BCUT2D eigenvalue weighted by molar-refractivity contribution is 5.87. The Bertz CT molecular complexity index is 1280. The maximum absolute atomic E-state index is 13.7. The van der Waals surface area contributed by atoms with Gasteiger partial charge in [-0.05, 0) is 48.4 Å². The Hall–Kier alpha value is -4.29. The van der Waals surface area contributed by atoms with E-state index in [0.29, 0.717) is 44.5 Å². The van der Waals surface area contributed by atoms with Crippen molar-refractivity contribution in [2.45, 2.75) is 6.92 Å². The molecule has 1 fully saturated rings. The molecule has 0 spiro atoms. The molecule has 0 aliphatic carbocycles. The van der Waals surface area contributed by atoms with Crippen molar-refractivity contribution in [1.82, 2.24) is 9.97 Å². The molecule has 1 N–H and O–H groups in total. The molecule has 35 heavy (non-hydrogen) atoms. The highest BCUT2D eigenvalue weighted by Gasteiger charge is 2.19. The van der Waals surface area contributed by atoms with Crippen LogP contribution in [0, 0.1) is 17.1 Å². The number of benzene rings is 2. The molecule has 1 saturated heterocycles. The van der Waals surface area contributed by atoms with E-state index in [-0.39, 0.29) is 5.56 Å². The molecule has 1 aromatic heterocycles. The van der Waals surface area contributed by atoms with Crippen molar-refractivity contribution in [3.05, 3.63) is 71.7 Å². The van der Waals surface area contributed by atoms with E-state index < -0.39 is 11.8 Å². The van der Waals surface area contributed by atoms with Gasteiger partial charge in [0.1, 0.15) is 17.7 Å². The van der Waals surface area contributed by atoms with Crippen molar-refractivity contribution >= 4 is 29.5 Å². The van der Waals surface area contributed by atoms with E-state index in [1.54, 1.807) is 19.2 Å². The van der Waals surface area contributed by atoms with Crippen LogP contribution in [0.1, 0.15) is 18.1 Å². The van der Waals surface area contributed by atoms with Crippen LogP contribution in [0.25, 0.3) is 17.2 Å². The SMILES string of the molecule is CCOC(=O)/C=C/c1cccc(-c2cnc(Nc3ccc(F)c(C#N)c3)nc2N2CCOCC2)c1. The minimum atomic E-state index is -0.583. The molecule has 2 aromatic carbocycles. The van der Waals surface area contributed by atoms with E-state index in [4.69, 9.17) is 19.7 Å². The van der Waals surface area contributed by atoms with E-state index in [0.717, 1.165) is 22.5 Å². The van der Waals surface area contributed by atoms with Crippen LogP contribution in [-0.4, -0.2) is 48.8 Å². The number of nitrogens with one attached hydrogen (secondary N) is 1. The second kappa shape index (κ2) is 11.2. The molecule has 9 heteroatoms. The van der Waals surface area contributed by atoms with Gasteiger partial charge in [-0.3, -0.25) is 0 Å². The molecular weight excluding hydrogens is 449 g/mol. The quantitative estimate of drug-likeness (QED) is 0.400. The van der Waals surface area contributed by atoms with Crippen LogP contribution in [0.2, 0.25) is 0 Å². The molecule has 0 radical (unpaired) electrons. The van der Waals surface area contributed by atoms with Gasteiger partial charge in [-0.2, -0.15) is 10.2 Å². The van der Waals surface area contributed by atoms with Gasteiger partial charge in [0.15, 0.2) is 0 Å². The molecule has 0 saturated carbocycles. The number of esters is 1. The van der Waals surface area contributed by atoms with Crippen LogP contribution in [0.5, 0.6) is 0 Å². The van der Waals surface area contributed by atoms with E-state index in [1.807, 2.05) is 30.3 Å². The van der Waals surface area contributed by atoms with Gasteiger partial charge in [-0.25, -0.2) is 14.2 Å². The summed E-state index contributed by atoms with van der Waals surface area (Å²) in [5.74, 6) is 0.0651. The van der Waals surface area contributed by atoms with Crippen LogP contribution in [0.15, 0.2) is 54.7 Å². The average molecular weight is 474 g/mol. The van der Waals surface area contributed by atoms with Crippen LogP contribution >= 0.6 is 0 Å². The predicted octanol–water partition coefficient (Wildman–Crippen LogP) is 4.31. The first-order valence-electron chi connectivity index (χ1n) is 11.2. The number of hydrogen-bond acceptors (Lipinski definition) is 8. The highest BCUT2D eigenvalue weighted by atomic mass is 19.1. The lowest BCUT2D eigenvalue weighted by molar-refractivity contribution is -0.137. The molecule has 178 valence electrons. The summed E-state index contributed by atoms with van der Waals surface area (Å²) in [6, 6.07) is 13.7. The van der Waals surface area contributed by atoms with Crippen molar-refractivity contribution < 1.29 is 18.7 Å². The standard InChI is InChI=1S/C26H24FN5O3/c1-2-35-24(33)9-6-18-4-3-5-19(14-18)22-17-29-26(31-25(22)32-10-12-34-13-11-32)30-21-7-8-23(27)20(15-21)16-28/h3-9,14-15,17H,2,10-13H2,1H3,(H,29,30,31)/b9-6+. The van der Waals surface area contributed by atoms with E-state index in [2.05, 4.69) is 15.2 Å². The molecule has 0 unspecified atom stereocenters.